The number of benzene rings is 2. The normalized spacial score (nSPS) is 10.9. The van der Waals surface area contributed by atoms with Crippen LogP contribution in [0, 0.1) is 5.82 Å². The maximum absolute atomic E-state index is 13.9. The van der Waals surface area contributed by atoms with E-state index in [1.54, 1.807) is 30.3 Å². The largest absolute Gasteiger partial charge is 0.397 e. The summed E-state index contributed by atoms with van der Waals surface area (Å²) in [7, 11) is 0. The second kappa shape index (κ2) is 4.65. The van der Waals surface area contributed by atoms with Crippen LogP contribution in [0.4, 0.5) is 10.1 Å². The highest BCUT2D eigenvalue weighted by Gasteiger charge is 2.19. The molecule has 0 aliphatic heterocycles. The molecule has 0 spiro atoms. The third-order valence-electron chi connectivity index (χ3n) is 3.20. The quantitative estimate of drug-likeness (QED) is 0.557. The summed E-state index contributed by atoms with van der Waals surface area (Å²) >= 11 is 5.91. The summed E-state index contributed by atoms with van der Waals surface area (Å²) in [4.78, 5) is 15.4. The van der Waals surface area contributed by atoms with Crippen molar-refractivity contribution < 1.29 is 9.18 Å². The number of fused-ring (bicyclic) bond motifs is 1. The highest BCUT2D eigenvalue weighted by Crippen LogP contribution is 2.28. The van der Waals surface area contributed by atoms with Crippen LogP contribution in [-0.2, 0) is 0 Å². The average Bonchev–Trinajstić information content (AvgIpc) is 2.86. The van der Waals surface area contributed by atoms with E-state index in [1.165, 1.54) is 12.3 Å². The molecule has 100 valence electrons. The Morgan fingerprint density at radius 1 is 1.15 bits per heavy atom. The first-order valence-electron chi connectivity index (χ1n) is 5.94. The summed E-state index contributed by atoms with van der Waals surface area (Å²) in [6.07, 6.45) is 1.48. The Morgan fingerprint density at radius 2 is 1.90 bits per heavy atom. The van der Waals surface area contributed by atoms with E-state index in [1.807, 2.05) is 0 Å². The summed E-state index contributed by atoms with van der Waals surface area (Å²) in [5.41, 5.74) is 7.09. The number of nitrogens with one attached hydrogen (secondary N) is 1. The average molecular weight is 289 g/mol. The first-order valence-corrected chi connectivity index (χ1v) is 6.31. The van der Waals surface area contributed by atoms with E-state index < -0.39 is 5.82 Å². The molecule has 3 nitrogen and oxygen atoms in total. The molecule has 0 saturated carbocycles. The number of anilines is 1. The Labute approximate surface area is 119 Å². The van der Waals surface area contributed by atoms with E-state index >= 15 is 0 Å². The van der Waals surface area contributed by atoms with E-state index in [4.69, 9.17) is 17.3 Å². The molecule has 0 amide bonds. The van der Waals surface area contributed by atoms with E-state index in [2.05, 4.69) is 4.98 Å². The number of aromatic nitrogens is 1. The van der Waals surface area contributed by atoms with Crippen molar-refractivity contribution in [2.45, 2.75) is 0 Å². The van der Waals surface area contributed by atoms with Crippen molar-refractivity contribution in [2.24, 2.45) is 0 Å². The van der Waals surface area contributed by atoms with Crippen molar-refractivity contribution in [3.63, 3.8) is 0 Å². The van der Waals surface area contributed by atoms with Crippen LogP contribution in [0.15, 0.2) is 42.6 Å². The fourth-order valence-corrected chi connectivity index (χ4v) is 2.37. The molecule has 3 aromatic rings. The molecule has 0 atom stereocenters. The standard InChI is InChI=1S/C15H10ClFN2O/c16-10-4-1-3-8(14(10)18)15(20)9-7-19-12-6-2-5-11(17)13(9)12/h1-7,19H,18H2. The van der Waals surface area contributed by atoms with Gasteiger partial charge in [0.1, 0.15) is 5.82 Å². The van der Waals surface area contributed by atoms with Crippen molar-refractivity contribution in [3.8, 4) is 0 Å². The van der Waals surface area contributed by atoms with Crippen molar-refractivity contribution in [2.75, 3.05) is 5.73 Å². The fraction of sp³-hybridized carbons (Fsp3) is 0. The van der Waals surface area contributed by atoms with Gasteiger partial charge in [-0.25, -0.2) is 4.39 Å². The van der Waals surface area contributed by atoms with Gasteiger partial charge in [-0.05, 0) is 24.3 Å². The van der Waals surface area contributed by atoms with Gasteiger partial charge in [0.2, 0.25) is 0 Å². The molecular formula is C15H10ClFN2O. The van der Waals surface area contributed by atoms with Crippen LogP contribution in [0.5, 0.6) is 0 Å². The summed E-state index contributed by atoms with van der Waals surface area (Å²) in [6, 6.07) is 9.41. The molecule has 3 N–H and O–H groups in total. The Balaban J connectivity index is 2.21. The molecule has 0 unspecified atom stereocenters. The van der Waals surface area contributed by atoms with Gasteiger partial charge >= 0.3 is 0 Å². The van der Waals surface area contributed by atoms with Gasteiger partial charge in [0.25, 0.3) is 0 Å². The molecule has 2 aromatic carbocycles. The number of H-pyrrole nitrogens is 1. The predicted molar refractivity (Wildman–Crippen MR) is 77.6 cm³/mol. The molecule has 0 fully saturated rings. The van der Waals surface area contributed by atoms with Crippen molar-refractivity contribution >= 4 is 34.0 Å². The van der Waals surface area contributed by atoms with Crippen LogP contribution in [0.25, 0.3) is 10.9 Å². The van der Waals surface area contributed by atoms with Crippen LogP contribution in [0.1, 0.15) is 15.9 Å². The Hall–Kier alpha value is -2.33. The second-order valence-electron chi connectivity index (χ2n) is 4.39. The molecule has 3 rings (SSSR count). The van der Waals surface area contributed by atoms with Gasteiger partial charge in [-0.2, -0.15) is 0 Å². The number of hydrogen-bond acceptors (Lipinski definition) is 2. The number of para-hydroxylation sites is 1. The molecule has 0 saturated heterocycles. The Bertz CT molecular complexity index is 826. The monoisotopic (exact) mass is 288 g/mol. The third kappa shape index (κ3) is 1.85. The lowest BCUT2D eigenvalue weighted by Gasteiger charge is -2.05. The number of aromatic amines is 1. The SMILES string of the molecule is Nc1c(Cl)cccc1C(=O)c1c[nH]c2cccc(F)c12. The Morgan fingerprint density at radius 3 is 2.70 bits per heavy atom. The lowest BCUT2D eigenvalue weighted by molar-refractivity contribution is 0.104. The van der Waals surface area contributed by atoms with Gasteiger partial charge < -0.3 is 10.7 Å². The molecule has 20 heavy (non-hydrogen) atoms. The van der Waals surface area contributed by atoms with Gasteiger partial charge in [0.05, 0.1) is 16.3 Å². The highest BCUT2D eigenvalue weighted by atomic mass is 35.5. The number of ketones is 1. The summed E-state index contributed by atoms with van der Waals surface area (Å²) in [5, 5.41) is 0.563. The number of carbonyl (C=O) groups is 1. The third-order valence-corrected chi connectivity index (χ3v) is 3.53. The molecule has 5 heteroatoms. The highest BCUT2D eigenvalue weighted by molar-refractivity contribution is 6.34. The minimum absolute atomic E-state index is 0.199. The number of nitrogens with two attached hydrogens (primary N) is 1. The van der Waals surface area contributed by atoms with E-state index in [0.717, 1.165) is 0 Å². The molecule has 0 radical (unpaired) electrons. The number of hydrogen-bond donors (Lipinski definition) is 2. The Kier molecular flexibility index (Phi) is 2.95. The van der Waals surface area contributed by atoms with Gasteiger partial charge in [-0.3, -0.25) is 4.79 Å². The van der Waals surface area contributed by atoms with E-state index in [9.17, 15) is 9.18 Å². The molecule has 1 heterocycles. The maximum Gasteiger partial charge on any atom is 0.197 e. The topological polar surface area (TPSA) is 58.9 Å². The zero-order valence-corrected chi connectivity index (χ0v) is 11.0. The zero-order chi connectivity index (χ0) is 14.3. The van der Waals surface area contributed by atoms with Crippen molar-refractivity contribution in [3.05, 3.63) is 64.6 Å². The van der Waals surface area contributed by atoms with Crippen LogP contribution in [0.2, 0.25) is 5.02 Å². The predicted octanol–water partition coefficient (Wildman–Crippen LogP) is 3.77. The first-order chi connectivity index (χ1) is 9.59. The number of carbonyl (C=O) groups excluding carboxylic acids is 1. The maximum atomic E-state index is 13.9. The van der Waals surface area contributed by atoms with Crippen LogP contribution < -0.4 is 5.73 Å². The van der Waals surface area contributed by atoms with E-state index in [0.29, 0.717) is 10.5 Å². The minimum atomic E-state index is -0.451. The summed E-state index contributed by atoms with van der Waals surface area (Å²) in [6.45, 7) is 0. The van der Waals surface area contributed by atoms with Crippen LogP contribution in [-0.4, -0.2) is 10.8 Å². The molecule has 0 aliphatic carbocycles. The van der Waals surface area contributed by atoms with Gasteiger partial charge in [-0.15, -0.1) is 0 Å². The van der Waals surface area contributed by atoms with Gasteiger partial charge in [0, 0.05) is 22.7 Å². The van der Waals surface area contributed by atoms with Crippen LogP contribution >= 0.6 is 11.6 Å². The lowest BCUT2D eigenvalue weighted by atomic mass is 10.0. The smallest absolute Gasteiger partial charge is 0.197 e. The van der Waals surface area contributed by atoms with Gasteiger partial charge in [0.15, 0.2) is 5.78 Å². The summed E-state index contributed by atoms with van der Waals surface area (Å²) in [5.74, 6) is -0.811. The van der Waals surface area contributed by atoms with Crippen molar-refractivity contribution in [1.82, 2.24) is 4.98 Å². The molecule has 1 aromatic heterocycles. The van der Waals surface area contributed by atoms with Crippen molar-refractivity contribution in [1.29, 1.82) is 0 Å². The van der Waals surface area contributed by atoms with Gasteiger partial charge in [-0.1, -0.05) is 23.7 Å². The molecule has 0 aliphatic rings. The number of nitrogen functional groups attached to an aromatic ring is 1. The summed E-state index contributed by atoms with van der Waals surface area (Å²) < 4.78 is 13.9. The van der Waals surface area contributed by atoms with E-state index in [-0.39, 0.29) is 28.0 Å². The zero-order valence-electron chi connectivity index (χ0n) is 10.3. The number of rotatable bonds is 2. The molecular weight excluding hydrogens is 279 g/mol. The molecule has 0 bridgehead atoms. The number of halogens is 2. The first kappa shape index (κ1) is 12.7. The van der Waals surface area contributed by atoms with Crippen LogP contribution in [0.3, 0.4) is 0 Å². The lowest BCUT2D eigenvalue weighted by Crippen LogP contribution is -2.05. The fourth-order valence-electron chi connectivity index (χ4n) is 2.20. The minimum Gasteiger partial charge on any atom is -0.397 e. The second-order valence-corrected chi connectivity index (χ2v) is 4.80.